The quantitative estimate of drug-likeness (QED) is 0.163. The highest BCUT2D eigenvalue weighted by Crippen LogP contribution is 2.26. The molecule has 1 aliphatic heterocycles. The van der Waals surface area contributed by atoms with Crippen LogP contribution < -0.4 is 0 Å². The molecule has 0 saturated carbocycles. The fraction of sp³-hybridized carbons (Fsp3) is 0.917. The lowest BCUT2D eigenvalue weighted by atomic mass is 10.1. The third kappa shape index (κ3) is 9.71. The molecule has 0 N–H and O–H groups in total. The van der Waals surface area contributed by atoms with E-state index in [0.717, 1.165) is 19.6 Å². The fourth-order valence-corrected chi connectivity index (χ4v) is 7.45. The van der Waals surface area contributed by atoms with Gasteiger partial charge in [0.05, 0.1) is 12.3 Å². The van der Waals surface area contributed by atoms with Gasteiger partial charge in [-0.15, -0.1) is 0 Å². The molecule has 0 aromatic rings. The van der Waals surface area contributed by atoms with Crippen LogP contribution in [0.4, 0.5) is 0 Å². The van der Waals surface area contributed by atoms with Gasteiger partial charge in [0.25, 0.3) is 0 Å². The first-order valence-corrected chi connectivity index (χ1v) is 14.6. The van der Waals surface area contributed by atoms with Gasteiger partial charge in [0.15, 0.2) is 0 Å². The zero-order valence-corrected chi connectivity index (χ0v) is 21.7. The van der Waals surface area contributed by atoms with Crippen molar-refractivity contribution >= 4 is 8.80 Å². The summed E-state index contributed by atoms with van der Waals surface area (Å²) >= 11 is 0. The predicted molar refractivity (Wildman–Crippen MR) is 129 cm³/mol. The van der Waals surface area contributed by atoms with Crippen LogP contribution >= 0.6 is 0 Å². The minimum atomic E-state index is -2.74. The molecule has 1 rings (SSSR count). The van der Waals surface area contributed by atoms with Crippen LogP contribution in [0.1, 0.15) is 105 Å². The predicted octanol–water partition coefficient (Wildman–Crippen LogP) is 6.32. The Morgan fingerprint density at radius 1 is 0.700 bits per heavy atom. The van der Waals surface area contributed by atoms with Crippen molar-refractivity contribution in [3.63, 3.8) is 0 Å². The van der Waals surface area contributed by atoms with Gasteiger partial charge in [0.1, 0.15) is 0 Å². The Kier molecular flexibility index (Phi) is 15.6. The largest absolute Gasteiger partial charge is 0.524 e. The fourth-order valence-electron chi connectivity index (χ4n) is 4.34. The number of unbranched alkanes of at least 4 members (excludes halogenated alkanes) is 9. The van der Waals surface area contributed by atoms with Crippen LogP contribution in [0.15, 0.2) is 12.4 Å². The highest BCUT2D eigenvalue weighted by Gasteiger charge is 2.51. The van der Waals surface area contributed by atoms with E-state index in [1.165, 1.54) is 64.2 Å². The van der Waals surface area contributed by atoms with Gasteiger partial charge in [-0.05, 0) is 33.6 Å². The molecule has 1 aliphatic rings. The zero-order valence-electron chi connectivity index (χ0n) is 20.7. The Morgan fingerprint density at radius 2 is 1.20 bits per heavy atom. The number of rotatable bonds is 20. The number of nitrogens with zero attached hydrogens (tertiary/aromatic N) is 2. The second-order valence-corrected chi connectivity index (χ2v) is 11.0. The SMILES string of the molecule is CCCCCCCCCCCCN1C=CN(C(CC)[Si](OCC)(OCC)OCC)C1. The lowest BCUT2D eigenvalue weighted by Crippen LogP contribution is -2.62. The molecule has 0 saturated heterocycles. The summed E-state index contributed by atoms with van der Waals surface area (Å²) in [5, 5.41) is 0. The van der Waals surface area contributed by atoms with E-state index >= 15 is 0 Å². The highest BCUT2D eigenvalue weighted by molar-refractivity contribution is 6.62. The van der Waals surface area contributed by atoms with E-state index in [4.69, 9.17) is 13.3 Å². The Morgan fingerprint density at radius 3 is 1.67 bits per heavy atom. The van der Waals surface area contributed by atoms with E-state index in [1.54, 1.807) is 0 Å². The molecular formula is C24H50N2O3Si. The number of hydrogen-bond acceptors (Lipinski definition) is 5. The third-order valence-electron chi connectivity index (χ3n) is 5.84. The molecule has 1 unspecified atom stereocenters. The molecule has 6 heteroatoms. The van der Waals surface area contributed by atoms with Gasteiger partial charge in [0.2, 0.25) is 0 Å². The summed E-state index contributed by atoms with van der Waals surface area (Å²) in [5.74, 6) is 0. The molecule has 1 atom stereocenters. The lowest BCUT2D eigenvalue weighted by molar-refractivity contribution is 0.0392. The second kappa shape index (κ2) is 17.0. The molecule has 1 heterocycles. The summed E-state index contributed by atoms with van der Waals surface area (Å²) in [4.78, 5) is 4.81. The van der Waals surface area contributed by atoms with Crippen molar-refractivity contribution in [3.05, 3.63) is 12.4 Å². The smallest absolute Gasteiger partial charge is 0.373 e. The van der Waals surface area contributed by atoms with Crippen molar-refractivity contribution in [3.8, 4) is 0 Å². The topological polar surface area (TPSA) is 34.2 Å². The maximum absolute atomic E-state index is 6.18. The van der Waals surface area contributed by atoms with Crippen molar-refractivity contribution in [1.29, 1.82) is 0 Å². The Hall–Kier alpha value is -0.563. The van der Waals surface area contributed by atoms with Crippen LogP contribution in [0.2, 0.25) is 0 Å². The third-order valence-corrected chi connectivity index (χ3v) is 9.47. The van der Waals surface area contributed by atoms with E-state index in [0.29, 0.717) is 19.8 Å². The lowest BCUT2D eigenvalue weighted by Gasteiger charge is -2.39. The first-order valence-electron chi connectivity index (χ1n) is 12.8. The van der Waals surface area contributed by atoms with Crippen molar-refractivity contribution in [1.82, 2.24) is 9.80 Å². The first-order chi connectivity index (χ1) is 14.7. The van der Waals surface area contributed by atoms with Gasteiger partial charge in [-0.1, -0.05) is 71.6 Å². The van der Waals surface area contributed by atoms with Crippen LogP contribution in [-0.4, -0.2) is 57.3 Å². The molecule has 0 aliphatic carbocycles. The summed E-state index contributed by atoms with van der Waals surface area (Å²) in [6.45, 7) is 14.5. The maximum atomic E-state index is 6.18. The zero-order chi connectivity index (χ0) is 22.1. The van der Waals surface area contributed by atoms with Gasteiger partial charge < -0.3 is 23.1 Å². The van der Waals surface area contributed by atoms with Gasteiger partial charge in [-0.3, -0.25) is 0 Å². The monoisotopic (exact) mass is 442 g/mol. The molecule has 178 valence electrons. The molecular weight excluding hydrogens is 392 g/mol. The van der Waals surface area contributed by atoms with E-state index in [2.05, 4.69) is 36.0 Å². The van der Waals surface area contributed by atoms with E-state index in [9.17, 15) is 0 Å². The Balaban J connectivity index is 2.34. The van der Waals surface area contributed by atoms with Crippen molar-refractivity contribution in [2.45, 2.75) is 111 Å². The molecule has 30 heavy (non-hydrogen) atoms. The normalized spacial score (nSPS) is 15.4. The molecule has 0 spiro atoms. The molecule has 0 amide bonds. The molecule has 0 fully saturated rings. The van der Waals surface area contributed by atoms with Crippen LogP contribution in [0.25, 0.3) is 0 Å². The van der Waals surface area contributed by atoms with Crippen LogP contribution in [0.3, 0.4) is 0 Å². The molecule has 0 aromatic carbocycles. The minimum Gasteiger partial charge on any atom is -0.373 e. The summed E-state index contributed by atoms with van der Waals surface area (Å²) in [6, 6.07) is 0. The minimum absolute atomic E-state index is 0.173. The standard InChI is InChI=1S/C24H50N2O3Si/c1-6-11-12-13-14-15-16-17-18-19-20-25-21-22-26(23-25)24(7-2)30(27-8-3,28-9-4)29-10-5/h21-22,24H,6-20,23H2,1-5H3. The highest BCUT2D eigenvalue weighted by atomic mass is 28.4. The van der Waals surface area contributed by atoms with E-state index < -0.39 is 8.80 Å². The Labute approximate surface area is 188 Å². The van der Waals surface area contributed by atoms with Crippen molar-refractivity contribution < 1.29 is 13.3 Å². The molecule has 0 bridgehead atoms. The summed E-state index contributed by atoms with van der Waals surface area (Å²) < 4.78 is 18.5. The van der Waals surface area contributed by atoms with Gasteiger partial charge in [-0.25, -0.2) is 0 Å². The maximum Gasteiger partial charge on any atom is 0.524 e. The number of hydrogen-bond donors (Lipinski definition) is 0. The van der Waals surface area contributed by atoms with E-state index in [1.807, 2.05) is 20.8 Å². The van der Waals surface area contributed by atoms with Gasteiger partial charge in [0, 0.05) is 38.8 Å². The first kappa shape index (κ1) is 27.5. The van der Waals surface area contributed by atoms with Crippen LogP contribution in [0, 0.1) is 0 Å². The molecule has 0 aromatic heterocycles. The van der Waals surface area contributed by atoms with Gasteiger partial charge in [-0.2, -0.15) is 0 Å². The van der Waals surface area contributed by atoms with Crippen molar-refractivity contribution in [2.24, 2.45) is 0 Å². The average molecular weight is 443 g/mol. The summed E-state index contributed by atoms with van der Waals surface area (Å²) in [7, 11) is -2.74. The van der Waals surface area contributed by atoms with Crippen molar-refractivity contribution in [2.75, 3.05) is 33.0 Å². The summed E-state index contributed by atoms with van der Waals surface area (Å²) in [5.41, 5.74) is 0.173. The van der Waals surface area contributed by atoms with Gasteiger partial charge >= 0.3 is 8.80 Å². The van der Waals surface area contributed by atoms with Crippen LogP contribution in [0.5, 0.6) is 0 Å². The average Bonchev–Trinajstić information content (AvgIpc) is 3.19. The second-order valence-electron chi connectivity index (χ2n) is 8.27. The molecule has 0 radical (unpaired) electrons. The van der Waals surface area contributed by atoms with Crippen LogP contribution in [-0.2, 0) is 13.3 Å². The molecule has 5 nitrogen and oxygen atoms in total. The summed E-state index contributed by atoms with van der Waals surface area (Å²) in [6.07, 6.45) is 19.2. The van der Waals surface area contributed by atoms with E-state index in [-0.39, 0.29) is 5.67 Å². The Bertz CT molecular complexity index is 420.